The van der Waals surface area contributed by atoms with Gasteiger partial charge in [0.05, 0.1) is 24.0 Å². The minimum absolute atomic E-state index is 0.0272. The van der Waals surface area contributed by atoms with Crippen LogP contribution in [0.15, 0.2) is 52.5 Å². The van der Waals surface area contributed by atoms with Crippen LogP contribution < -0.4 is 21.1 Å². The second-order valence-corrected chi connectivity index (χ2v) is 8.98. The van der Waals surface area contributed by atoms with Crippen LogP contribution in [0, 0.1) is 6.92 Å². The Hall–Kier alpha value is -3.88. The highest BCUT2D eigenvalue weighted by Crippen LogP contribution is 2.36. The summed E-state index contributed by atoms with van der Waals surface area (Å²) in [5.41, 5.74) is 4.57. The molecule has 0 fully saturated rings. The Labute approximate surface area is 197 Å². The summed E-state index contributed by atoms with van der Waals surface area (Å²) in [4.78, 5) is 25.3. The number of para-hydroxylation sites is 1. The zero-order valence-corrected chi connectivity index (χ0v) is 19.2. The molecule has 1 atom stereocenters. The van der Waals surface area contributed by atoms with Crippen molar-refractivity contribution in [3.63, 3.8) is 0 Å². The van der Waals surface area contributed by atoms with E-state index in [-0.39, 0.29) is 11.6 Å². The second-order valence-electron chi connectivity index (χ2n) is 8.98. The highest BCUT2D eigenvalue weighted by Gasteiger charge is 2.24. The maximum Gasteiger partial charge on any atom is 0.276 e. The first-order valence-corrected chi connectivity index (χ1v) is 11.9. The van der Waals surface area contributed by atoms with Crippen molar-refractivity contribution < 1.29 is 0 Å². The van der Waals surface area contributed by atoms with Crippen LogP contribution in [0.2, 0.25) is 0 Å². The molecule has 0 spiro atoms. The topological polar surface area (TPSA) is 90.7 Å². The first-order valence-electron chi connectivity index (χ1n) is 11.9. The van der Waals surface area contributed by atoms with Gasteiger partial charge in [-0.3, -0.25) is 14.4 Å². The van der Waals surface area contributed by atoms with Gasteiger partial charge in [-0.15, -0.1) is 0 Å². The summed E-state index contributed by atoms with van der Waals surface area (Å²) in [5.74, 6) is 0.516. The monoisotopic (exact) mass is 456 g/mol. The van der Waals surface area contributed by atoms with E-state index in [0.717, 1.165) is 55.8 Å². The van der Waals surface area contributed by atoms with Crippen LogP contribution in [0.4, 0.5) is 23.0 Å². The molecule has 9 nitrogen and oxygen atoms in total. The van der Waals surface area contributed by atoms with E-state index in [1.54, 1.807) is 4.57 Å². The van der Waals surface area contributed by atoms with E-state index in [1.165, 1.54) is 5.56 Å². The Morgan fingerprint density at radius 1 is 1.09 bits per heavy atom. The first-order chi connectivity index (χ1) is 16.7. The molecule has 3 aliphatic rings. The van der Waals surface area contributed by atoms with E-state index in [9.17, 15) is 4.79 Å². The predicted molar refractivity (Wildman–Crippen MR) is 136 cm³/mol. The molecule has 6 rings (SSSR count). The molecule has 5 heterocycles. The van der Waals surface area contributed by atoms with Gasteiger partial charge in [0.2, 0.25) is 5.95 Å². The lowest BCUT2D eigenvalue weighted by atomic mass is 10.1. The fourth-order valence-corrected chi connectivity index (χ4v) is 4.94. The standard InChI is InChI=1S/C25H28N8O/c1-17-7-6-8-20-22(17)26-9-12-32(20)21-13-18-14-27-25-29-19-15-28-31(16-19)10-4-2-3-5-11-33(24(21)34)23(18)30-25/h2-3,6-8,13-15,19,26H,4-5,9-12,16H2,1H3,(H,27,29,30)/b3-2+. The number of nitrogens with one attached hydrogen (secondary N) is 2. The highest BCUT2D eigenvalue weighted by atomic mass is 16.1. The van der Waals surface area contributed by atoms with Gasteiger partial charge in [-0.1, -0.05) is 24.3 Å². The molecule has 0 radical (unpaired) electrons. The van der Waals surface area contributed by atoms with Crippen molar-refractivity contribution >= 4 is 40.3 Å². The smallest absolute Gasteiger partial charge is 0.276 e. The maximum absolute atomic E-state index is 13.9. The van der Waals surface area contributed by atoms with Crippen molar-refractivity contribution in [3.8, 4) is 0 Å². The van der Waals surface area contributed by atoms with Gasteiger partial charge in [0.15, 0.2) is 0 Å². The van der Waals surface area contributed by atoms with Crippen LogP contribution in [-0.4, -0.2) is 58.0 Å². The maximum atomic E-state index is 13.9. The van der Waals surface area contributed by atoms with Gasteiger partial charge >= 0.3 is 0 Å². The van der Waals surface area contributed by atoms with Gasteiger partial charge in [-0.2, -0.15) is 10.1 Å². The zero-order valence-electron chi connectivity index (χ0n) is 19.2. The number of allylic oxidation sites excluding steroid dienone is 1. The summed E-state index contributed by atoms with van der Waals surface area (Å²) in [6.45, 7) is 5.79. The lowest BCUT2D eigenvalue weighted by Crippen LogP contribution is -2.36. The second kappa shape index (κ2) is 8.48. The third-order valence-corrected chi connectivity index (χ3v) is 6.65. The Kier molecular flexibility index (Phi) is 5.16. The predicted octanol–water partition coefficient (Wildman–Crippen LogP) is 3.10. The van der Waals surface area contributed by atoms with E-state index < -0.39 is 0 Å². The summed E-state index contributed by atoms with van der Waals surface area (Å²) < 4.78 is 1.81. The van der Waals surface area contributed by atoms with Gasteiger partial charge in [-0.05, 0) is 37.5 Å². The number of aryl methyl sites for hydroxylation is 2. The average Bonchev–Trinajstić information content (AvgIpc) is 3.29. The summed E-state index contributed by atoms with van der Waals surface area (Å²) >= 11 is 0. The zero-order chi connectivity index (χ0) is 23.1. The minimum Gasteiger partial charge on any atom is -0.381 e. The van der Waals surface area contributed by atoms with E-state index in [1.807, 2.05) is 24.5 Å². The summed E-state index contributed by atoms with van der Waals surface area (Å²) in [6, 6.07) is 8.18. The summed E-state index contributed by atoms with van der Waals surface area (Å²) in [6.07, 6.45) is 9.72. The van der Waals surface area contributed by atoms with Crippen LogP contribution >= 0.6 is 0 Å². The number of fused-ring (bicyclic) bond motifs is 4. The van der Waals surface area contributed by atoms with Crippen molar-refractivity contribution in [2.45, 2.75) is 32.4 Å². The molecule has 9 heteroatoms. The molecule has 0 saturated heterocycles. The minimum atomic E-state index is -0.0272. The van der Waals surface area contributed by atoms with Crippen molar-refractivity contribution in [1.82, 2.24) is 19.5 Å². The molecule has 0 aliphatic carbocycles. The van der Waals surface area contributed by atoms with Crippen LogP contribution in [-0.2, 0) is 6.54 Å². The van der Waals surface area contributed by atoms with Crippen LogP contribution in [0.25, 0.3) is 11.0 Å². The van der Waals surface area contributed by atoms with Crippen molar-refractivity contribution in [2.24, 2.45) is 5.10 Å². The van der Waals surface area contributed by atoms with Gasteiger partial charge in [-0.25, -0.2) is 4.98 Å². The summed E-state index contributed by atoms with van der Waals surface area (Å²) in [7, 11) is 0. The lowest BCUT2D eigenvalue weighted by molar-refractivity contribution is 0.319. The van der Waals surface area contributed by atoms with Crippen molar-refractivity contribution in [1.29, 1.82) is 0 Å². The Morgan fingerprint density at radius 2 is 1.97 bits per heavy atom. The molecule has 2 aromatic heterocycles. The average molecular weight is 457 g/mol. The highest BCUT2D eigenvalue weighted by molar-refractivity contribution is 5.85. The fourth-order valence-electron chi connectivity index (χ4n) is 4.94. The van der Waals surface area contributed by atoms with Crippen molar-refractivity contribution in [3.05, 3.63) is 58.5 Å². The first kappa shape index (κ1) is 20.7. The van der Waals surface area contributed by atoms with Gasteiger partial charge < -0.3 is 15.5 Å². The van der Waals surface area contributed by atoms with E-state index >= 15 is 0 Å². The van der Waals surface area contributed by atoms with Gasteiger partial charge in [0.1, 0.15) is 11.3 Å². The number of hydrogen-bond acceptors (Lipinski definition) is 8. The van der Waals surface area contributed by atoms with Gasteiger partial charge in [0.25, 0.3) is 5.56 Å². The number of pyridine rings is 1. The Morgan fingerprint density at radius 3 is 2.88 bits per heavy atom. The Bertz CT molecular complexity index is 1360. The molecule has 3 aromatic rings. The molecule has 0 saturated carbocycles. The number of benzene rings is 1. The number of hydrazone groups is 1. The molecule has 1 aromatic carbocycles. The number of anilines is 4. The molecule has 4 bridgehead atoms. The third kappa shape index (κ3) is 3.67. The third-order valence-electron chi connectivity index (χ3n) is 6.65. The molecular formula is C25H28N8O. The summed E-state index contributed by atoms with van der Waals surface area (Å²) in [5, 5.41) is 14.2. The van der Waals surface area contributed by atoms with Crippen molar-refractivity contribution in [2.75, 3.05) is 41.7 Å². The number of rotatable bonds is 1. The molecular weight excluding hydrogens is 428 g/mol. The van der Waals surface area contributed by atoms with E-state index in [2.05, 4.69) is 61.8 Å². The molecule has 34 heavy (non-hydrogen) atoms. The molecule has 0 amide bonds. The van der Waals surface area contributed by atoms with E-state index in [0.29, 0.717) is 23.8 Å². The van der Waals surface area contributed by atoms with Crippen LogP contribution in [0.3, 0.4) is 0 Å². The quantitative estimate of drug-likeness (QED) is 0.544. The molecule has 1 unspecified atom stereocenters. The van der Waals surface area contributed by atoms with E-state index in [4.69, 9.17) is 4.98 Å². The van der Waals surface area contributed by atoms with Crippen LogP contribution in [0.5, 0.6) is 0 Å². The molecule has 2 N–H and O–H groups in total. The lowest BCUT2D eigenvalue weighted by Gasteiger charge is -2.33. The SMILES string of the molecule is Cc1cccc2c1NCCN2c1cc2cnc3nc2n(c1=O)CC/C=C/CCN1CC(C=N1)N3. The number of hydrogen-bond donors (Lipinski definition) is 2. The number of aromatic nitrogens is 3. The fraction of sp³-hybridized carbons (Fsp3) is 0.360. The molecule has 174 valence electrons. The van der Waals surface area contributed by atoms with Crippen LogP contribution in [0.1, 0.15) is 18.4 Å². The number of nitrogens with zero attached hydrogens (tertiary/aromatic N) is 6. The largest absolute Gasteiger partial charge is 0.381 e. The van der Waals surface area contributed by atoms with Gasteiger partial charge in [0, 0.05) is 44.0 Å². The Balaban J connectivity index is 1.48. The molecule has 3 aliphatic heterocycles. The normalized spacial score (nSPS) is 20.6.